The van der Waals surface area contributed by atoms with Crippen LogP contribution in [0.3, 0.4) is 0 Å². The lowest BCUT2D eigenvalue weighted by atomic mass is 9.74. The fraction of sp³-hybridized carbons (Fsp3) is 0.667. The molecule has 1 saturated carbocycles. The highest BCUT2D eigenvalue weighted by atomic mass is 35.5. The third-order valence-corrected chi connectivity index (χ3v) is 5.72. The highest BCUT2D eigenvalue weighted by molar-refractivity contribution is 5.85. The van der Waals surface area contributed by atoms with Gasteiger partial charge in [-0.1, -0.05) is 25.0 Å². The number of ether oxygens (including phenoxy) is 2. The highest BCUT2D eigenvalue weighted by Crippen LogP contribution is 2.31. The van der Waals surface area contributed by atoms with Gasteiger partial charge in [-0.2, -0.15) is 0 Å². The van der Waals surface area contributed by atoms with E-state index < -0.39 is 5.54 Å². The van der Waals surface area contributed by atoms with E-state index in [0.29, 0.717) is 13.2 Å². The number of nitrogens with one attached hydrogen (secondary N) is 1. The largest absolute Gasteiger partial charge is 0.492 e. The van der Waals surface area contributed by atoms with E-state index in [-0.39, 0.29) is 36.6 Å². The number of amides is 1. The predicted molar refractivity (Wildman–Crippen MR) is 120 cm³/mol. The van der Waals surface area contributed by atoms with Crippen molar-refractivity contribution in [1.82, 2.24) is 10.2 Å². The third-order valence-electron chi connectivity index (χ3n) is 5.72. The molecule has 2 unspecified atom stereocenters. The smallest absolute Gasteiger partial charge is 0.225 e. The maximum absolute atomic E-state index is 12.6. The Labute approximate surface area is 186 Å². The van der Waals surface area contributed by atoms with Gasteiger partial charge in [0.15, 0.2) is 0 Å². The van der Waals surface area contributed by atoms with Gasteiger partial charge in [-0.15, -0.1) is 24.8 Å². The number of carbonyl (C=O) groups is 1. The average molecular weight is 448 g/mol. The zero-order valence-corrected chi connectivity index (χ0v) is 18.9. The van der Waals surface area contributed by atoms with Crippen LogP contribution in [-0.2, 0) is 16.1 Å². The van der Waals surface area contributed by atoms with Crippen molar-refractivity contribution in [2.75, 3.05) is 39.5 Å². The third kappa shape index (κ3) is 7.95. The molecule has 2 fully saturated rings. The Morgan fingerprint density at radius 3 is 2.79 bits per heavy atom. The second-order valence-corrected chi connectivity index (χ2v) is 7.97. The molecule has 166 valence electrons. The maximum atomic E-state index is 12.6. The Kier molecular flexibility index (Phi) is 11.3. The van der Waals surface area contributed by atoms with E-state index in [1.807, 2.05) is 31.2 Å². The van der Waals surface area contributed by atoms with Crippen LogP contribution < -0.4 is 15.8 Å². The molecule has 1 heterocycles. The van der Waals surface area contributed by atoms with Gasteiger partial charge in [0.1, 0.15) is 12.4 Å². The van der Waals surface area contributed by atoms with E-state index in [2.05, 4.69) is 10.2 Å². The first-order valence-corrected chi connectivity index (χ1v) is 10.1. The lowest BCUT2D eigenvalue weighted by Crippen LogP contribution is -2.52. The number of nitrogens with zero attached hydrogens (tertiary/aromatic N) is 1. The minimum atomic E-state index is -0.396. The Hall–Kier alpha value is -1.05. The van der Waals surface area contributed by atoms with Gasteiger partial charge in [0.2, 0.25) is 5.91 Å². The van der Waals surface area contributed by atoms with E-state index in [4.69, 9.17) is 15.2 Å². The molecule has 1 aromatic carbocycles. The summed E-state index contributed by atoms with van der Waals surface area (Å²) in [4.78, 5) is 14.9. The zero-order chi connectivity index (χ0) is 19.1. The quantitative estimate of drug-likeness (QED) is 0.671. The van der Waals surface area contributed by atoms with E-state index in [0.717, 1.165) is 69.8 Å². The lowest BCUT2D eigenvalue weighted by molar-refractivity contribution is -0.128. The minimum Gasteiger partial charge on any atom is -0.492 e. The number of rotatable bonds is 7. The van der Waals surface area contributed by atoms with E-state index in [9.17, 15) is 4.79 Å². The van der Waals surface area contributed by atoms with Crippen molar-refractivity contribution in [2.24, 2.45) is 11.7 Å². The summed E-state index contributed by atoms with van der Waals surface area (Å²) in [5, 5.41) is 3.06. The van der Waals surface area contributed by atoms with Crippen LogP contribution >= 0.6 is 24.8 Å². The number of nitrogens with two attached hydrogens (primary N) is 1. The average Bonchev–Trinajstić information content (AvgIpc) is 2.67. The summed E-state index contributed by atoms with van der Waals surface area (Å²) < 4.78 is 11.2. The standard InChI is InChI=1S/C21H33N3O3.2ClH/c1-21(22)8-3-2-7-19(21)20(25)23-16-17-5-4-6-18(15-17)27-14-11-24-9-12-26-13-10-24;;/h4-6,15,19H,2-3,7-14,16,22H2,1H3,(H,23,25);2*1H. The second-order valence-electron chi connectivity index (χ2n) is 7.97. The van der Waals surface area contributed by atoms with Crippen LogP contribution in [0, 0.1) is 5.92 Å². The second kappa shape index (κ2) is 12.6. The summed E-state index contributed by atoms with van der Waals surface area (Å²) in [6, 6.07) is 7.95. The molecule has 1 aliphatic heterocycles. The van der Waals surface area contributed by atoms with Crippen molar-refractivity contribution < 1.29 is 14.3 Å². The number of morpholine rings is 1. The monoisotopic (exact) mass is 447 g/mol. The van der Waals surface area contributed by atoms with Crippen LogP contribution in [0.5, 0.6) is 5.75 Å². The van der Waals surface area contributed by atoms with E-state index in [1.54, 1.807) is 0 Å². The fourth-order valence-electron chi connectivity index (χ4n) is 3.96. The van der Waals surface area contributed by atoms with Gasteiger partial charge in [0.05, 0.1) is 19.1 Å². The molecule has 3 rings (SSSR count). The van der Waals surface area contributed by atoms with Crippen molar-refractivity contribution in [3.63, 3.8) is 0 Å². The number of hydrogen-bond donors (Lipinski definition) is 2. The van der Waals surface area contributed by atoms with Gasteiger partial charge in [0.25, 0.3) is 0 Å². The zero-order valence-electron chi connectivity index (χ0n) is 17.2. The molecule has 1 amide bonds. The summed E-state index contributed by atoms with van der Waals surface area (Å²) in [6.07, 6.45) is 3.99. The molecule has 6 nitrogen and oxygen atoms in total. The summed E-state index contributed by atoms with van der Waals surface area (Å²) in [5.41, 5.74) is 6.99. The van der Waals surface area contributed by atoms with Crippen LogP contribution in [-0.4, -0.2) is 55.8 Å². The van der Waals surface area contributed by atoms with Crippen LogP contribution in [0.15, 0.2) is 24.3 Å². The highest BCUT2D eigenvalue weighted by Gasteiger charge is 2.37. The summed E-state index contributed by atoms with van der Waals surface area (Å²) in [7, 11) is 0. The molecule has 0 bridgehead atoms. The Bertz CT molecular complexity index is 625. The van der Waals surface area contributed by atoms with Crippen LogP contribution in [0.4, 0.5) is 0 Å². The van der Waals surface area contributed by atoms with Crippen LogP contribution in [0.1, 0.15) is 38.2 Å². The van der Waals surface area contributed by atoms with Gasteiger partial charge in [-0.3, -0.25) is 9.69 Å². The summed E-state index contributed by atoms with van der Waals surface area (Å²) in [6.45, 7) is 7.61. The number of carbonyl (C=O) groups excluding carboxylic acids is 1. The molecule has 2 atom stereocenters. The van der Waals surface area contributed by atoms with Crippen molar-refractivity contribution in [3.8, 4) is 5.75 Å². The molecule has 0 radical (unpaired) electrons. The van der Waals surface area contributed by atoms with Crippen molar-refractivity contribution >= 4 is 30.7 Å². The molecule has 1 saturated heterocycles. The van der Waals surface area contributed by atoms with Crippen molar-refractivity contribution in [2.45, 2.75) is 44.7 Å². The summed E-state index contributed by atoms with van der Waals surface area (Å²) in [5.74, 6) is 0.814. The first kappa shape index (κ1) is 26.0. The lowest BCUT2D eigenvalue weighted by Gasteiger charge is -2.37. The number of halogens is 2. The maximum Gasteiger partial charge on any atom is 0.225 e. The molecule has 29 heavy (non-hydrogen) atoms. The molecular weight excluding hydrogens is 413 g/mol. The first-order valence-electron chi connectivity index (χ1n) is 10.1. The predicted octanol–water partition coefficient (Wildman–Crippen LogP) is 2.77. The first-order chi connectivity index (χ1) is 13.0. The SMILES string of the molecule is CC1(N)CCCCC1C(=O)NCc1cccc(OCCN2CCOCC2)c1.Cl.Cl. The van der Waals surface area contributed by atoms with Gasteiger partial charge >= 0.3 is 0 Å². The topological polar surface area (TPSA) is 76.8 Å². The molecule has 2 aliphatic rings. The van der Waals surface area contributed by atoms with Gasteiger partial charge in [-0.05, 0) is 37.5 Å². The van der Waals surface area contributed by atoms with E-state index >= 15 is 0 Å². The number of benzene rings is 1. The van der Waals surface area contributed by atoms with E-state index in [1.165, 1.54) is 0 Å². The Morgan fingerprint density at radius 1 is 1.31 bits per heavy atom. The van der Waals surface area contributed by atoms with Crippen LogP contribution in [0.2, 0.25) is 0 Å². The minimum absolute atomic E-state index is 0. The summed E-state index contributed by atoms with van der Waals surface area (Å²) >= 11 is 0. The molecule has 0 spiro atoms. The fourth-order valence-corrected chi connectivity index (χ4v) is 3.96. The van der Waals surface area contributed by atoms with Gasteiger partial charge < -0.3 is 20.5 Å². The molecule has 0 aromatic heterocycles. The number of hydrogen-bond acceptors (Lipinski definition) is 5. The van der Waals surface area contributed by atoms with Crippen LogP contribution in [0.25, 0.3) is 0 Å². The Balaban J connectivity index is 0.00000210. The van der Waals surface area contributed by atoms with Gasteiger partial charge in [-0.25, -0.2) is 0 Å². The normalized spacial score (nSPS) is 24.7. The molecule has 1 aliphatic carbocycles. The molecule has 8 heteroatoms. The Morgan fingerprint density at radius 2 is 2.07 bits per heavy atom. The molecule has 1 aromatic rings. The molecular formula is C21H35Cl2N3O3. The van der Waals surface area contributed by atoms with Crippen molar-refractivity contribution in [3.05, 3.63) is 29.8 Å². The van der Waals surface area contributed by atoms with Crippen molar-refractivity contribution in [1.29, 1.82) is 0 Å². The molecule has 3 N–H and O–H groups in total. The van der Waals surface area contributed by atoms with Gasteiger partial charge in [0, 0.05) is 31.7 Å².